The number of hydrazine groups is 1. The van der Waals surface area contributed by atoms with Gasteiger partial charge in [0.1, 0.15) is 18.0 Å². The molecule has 0 aliphatic rings. The lowest BCUT2D eigenvalue weighted by Gasteiger charge is -2.26. The molecule has 2 atom stereocenters. The van der Waals surface area contributed by atoms with E-state index >= 15 is 0 Å². The summed E-state index contributed by atoms with van der Waals surface area (Å²) in [5, 5.41) is 26.9. The number of carbonyl (C=O) groups is 4. The van der Waals surface area contributed by atoms with Crippen LogP contribution in [-0.4, -0.2) is 84.2 Å². The number of primary amides is 1. The van der Waals surface area contributed by atoms with Crippen LogP contribution in [0.3, 0.4) is 0 Å². The molecule has 2 amide bonds. The van der Waals surface area contributed by atoms with Crippen molar-refractivity contribution in [2.24, 2.45) is 16.5 Å². The van der Waals surface area contributed by atoms with Crippen LogP contribution in [0.4, 0.5) is 26.3 Å². The molecule has 0 aromatic rings. The third-order valence-electron chi connectivity index (χ3n) is 4.13. The van der Waals surface area contributed by atoms with Gasteiger partial charge in [0.25, 0.3) is 11.9 Å². The Hall–Kier alpha value is -3.95. The Morgan fingerprint density at radius 2 is 1.41 bits per heavy atom. The number of nitrogens with two attached hydrogens (primary N) is 2. The summed E-state index contributed by atoms with van der Waals surface area (Å²) in [6.07, 6.45) is -7.40. The first kappa shape index (κ1) is 39.6. The summed E-state index contributed by atoms with van der Waals surface area (Å²) in [6, 6.07) is -1.24. The minimum absolute atomic E-state index is 0.221. The first-order chi connectivity index (χ1) is 17.6. The third-order valence-corrected chi connectivity index (χ3v) is 4.13. The highest BCUT2D eigenvalue weighted by Gasteiger charge is 2.30. The van der Waals surface area contributed by atoms with E-state index in [4.69, 9.17) is 31.3 Å². The monoisotopic (exact) mass is 588 g/mol. The number of nitrogens with zero attached hydrogens (tertiary/aromatic N) is 3. The zero-order valence-electron chi connectivity index (χ0n) is 20.5. The summed E-state index contributed by atoms with van der Waals surface area (Å²) in [5.74, 6) is -7.14. The number of unbranched alkanes of at least 4 members (excludes halogenated alkanes) is 1. The van der Waals surface area contributed by atoms with E-state index in [2.05, 4.69) is 16.5 Å². The number of guanidine groups is 1. The van der Waals surface area contributed by atoms with Crippen molar-refractivity contribution in [2.75, 3.05) is 20.1 Å². The van der Waals surface area contributed by atoms with E-state index < -0.39 is 47.3 Å². The molecule has 0 bridgehead atoms. The molecule has 0 aliphatic carbocycles. The summed E-state index contributed by atoms with van der Waals surface area (Å²) in [7, 11) is 1.54. The van der Waals surface area contributed by atoms with Gasteiger partial charge in [-0.1, -0.05) is 5.43 Å². The fourth-order valence-electron chi connectivity index (χ4n) is 2.27. The molecule has 39 heavy (non-hydrogen) atoms. The molecule has 0 aliphatic heterocycles. The molecule has 0 saturated heterocycles. The number of likely N-dealkylation sites (N-methyl/N-ethyl adjacent to an activating group) is 1. The van der Waals surface area contributed by atoms with E-state index in [0.717, 1.165) is 19.4 Å². The maximum absolute atomic E-state index is 12.4. The highest BCUT2D eigenvalue weighted by molar-refractivity contribution is 5.88. The van der Waals surface area contributed by atoms with Gasteiger partial charge in [-0.25, -0.2) is 15.1 Å². The second-order valence-electron chi connectivity index (χ2n) is 7.26. The van der Waals surface area contributed by atoms with Gasteiger partial charge < -0.3 is 47.6 Å². The maximum atomic E-state index is 12.4. The van der Waals surface area contributed by atoms with Crippen LogP contribution in [0.1, 0.15) is 32.1 Å². The number of quaternary nitrogens is 2. The molecule has 0 spiro atoms. The van der Waals surface area contributed by atoms with Crippen molar-refractivity contribution in [1.82, 2.24) is 10.3 Å². The molecule has 11 N–H and O–H groups in total. The molecule has 228 valence electrons. The van der Waals surface area contributed by atoms with Gasteiger partial charge in [-0.05, 0) is 25.7 Å². The van der Waals surface area contributed by atoms with Crippen molar-refractivity contribution in [2.45, 2.75) is 56.5 Å². The molecule has 0 rings (SSSR count). The van der Waals surface area contributed by atoms with Crippen molar-refractivity contribution in [3.8, 4) is 0 Å². The fraction of sp³-hybridized carbons (Fsp3) is 0.706. The Bertz CT molecular complexity index is 817. The van der Waals surface area contributed by atoms with Gasteiger partial charge >= 0.3 is 12.4 Å². The first-order valence-electron chi connectivity index (χ1n) is 10.5. The molecular formula is C17H30F6N8O8. The number of carboxylic acid groups (broad SMARTS) is 2. The third kappa shape index (κ3) is 21.8. The number of aliphatic carboxylic acids is 2. The molecule has 16 nitrogen and oxygen atoms in total. The lowest BCUT2D eigenvalue weighted by molar-refractivity contribution is -0.525. The van der Waals surface area contributed by atoms with Crippen molar-refractivity contribution < 1.29 is 72.2 Å². The molecule has 0 unspecified atom stereocenters. The average Bonchev–Trinajstić information content (AvgIpc) is 2.77. The smallest absolute Gasteiger partial charge is 0.430 e. The number of aliphatic imine (C=N–C) groups is 1. The highest BCUT2D eigenvalue weighted by atomic mass is 19.4. The van der Waals surface area contributed by atoms with Crippen molar-refractivity contribution in [3.63, 3.8) is 0 Å². The predicted molar refractivity (Wildman–Crippen MR) is 112 cm³/mol. The van der Waals surface area contributed by atoms with Gasteiger partial charge in [0, 0.05) is 20.0 Å². The second-order valence-corrected chi connectivity index (χ2v) is 7.26. The summed E-state index contributed by atoms with van der Waals surface area (Å²) in [5.41, 5.74) is 19.9. The van der Waals surface area contributed by atoms with E-state index in [-0.39, 0.29) is 18.4 Å². The number of halogens is 6. The second kappa shape index (κ2) is 19.2. The molecule has 0 radical (unpaired) electrons. The molecular weight excluding hydrogens is 558 g/mol. The number of hydrogen-bond donors (Lipinski definition) is 5. The Balaban J connectivity index is -0.000000752. The SMILES string of the molecule is CN(C(=O)[C@@H]([NH3+])CCCN=C(N)N[N+](=O)[O-])[C@@H](CCCC[NH3+])C(N)=O.O=C([O-])C(F)(F)F.O=C([O-])C(F)(F)F. The van der Waals surface area contributed by atoms with Gasteiger partial charge in [-0.15, -0.1) is 0 Å². The van der Waals surface area contributed by atoms with Crippen LogP contribution < -0.4 is 38.6 Å². The lowest BCUT2D eigenvalue weighted by Crippen LogP contribution is -2.68. The van der Waals surface area contributed by atoms with Crippen LogP contribution in [0.2, 0.25) is 0 Å². The summed E-state index contributed by atoms with van der Waals surface area (Å²) >= 11 is 0. The topological polar surface area (TPSA) is 292 Å². The van der Waals surface area contributed by atoms with Gasteiger partial charge in [-0.2, -0.15) is 26.3 Å². The maximum Gasteiger partial charge on any atom is 0.430 e. The Labute approximate surface area is 216 Å². The number of carbonyl (C=O) groups excluding carboxylic acids is 4. The van der Waals surface area contributed by atoms with Crippen molar-refractivity contribution in [3.05, 3.63) is 10.1 Å². The lowest BCUT2D eigenvalue weighted by atomic mass is 10.1. The number of rotatable bonds is 12. The zero-order chi connectivity index (χ0) is 31.6. The van der Waals surface area contributed by atoms with Crippen LogP contribution in [0, 0.1) is 10.1 Å². The highest BCUT2D eigenvalue weighted by Crippen LogP contribution is 2.12. The normalized spacial score (nSPS) is 12.9. The number of nitrogens with one attached hydrogen (secondary N) is 1. The van der Waals surface area contributed by atoms with Crippen molar-refractivity contribution in [1.29, 1.82) is 0 Å². The van der Waals surface area contributed by atoms with Gasteiger partial charge in [0.15, 0.2) is 11.1 Å². The van der Waals surface area contributed by atoms with E-state index in [0.29, 0.717) is 19.3 Å². The Morgan fingerprint density at radius 3 is 1.74 bits per heavy atom. The van der Waals surface area contributed by atoms with E-state index in [1.807, 2.05) is 0 Å². The quantitative estimate of drug-likeness (QED) is 0.0360. The average molecular weight is 588 g/mol. The largest absolute Gasteiger partial charge is 0.542 e. The van der Waals surface area contributed by atoms with E-state index in [9.17, 15) is 46.0 Å². The predicted octanol–water partition coefficient (Wildman–Crippen LogP) is -5.21. The van der Waals surface area contributed by atoms with Crippen LogP contribution >= 0.6 is 0 Å². The minimum atomic E-state index is -5.19. The van der Waals surface area contributed by atoms with E-state index in [1.165, 1.54) is 11.9 Å². The first-order valence-corrected chi connectivity index (χ1v) is 10.5. The van der Waals surface area contributed by atoms with Crippen LogP contribution in [-0.2, 0) is 19.2 Å². The molecule has 0 fully saturated rings. The molecule has 22 heteroatoms. The zero-order valence-corrected chi connectivity index (χ0v) is 20.5. The molecule has 0 aromatic heterocycles. The number of alkyl halides is 6. The summed E-state index contributed by atoms with van der Waals surface area (Å²) < 4.78 is 63.1. The number of hydrogen-bond acceptors (Lipinski definition) is 9. The summed E-state index contributed by atoms with van der Waals surface area (Å²) in [6.45, 7) is 0.981. The number of carboxylic acids is 2. The molecule has 0 heterocycles. The minimum Gasteiger partial charge on any atom is -0.542 e. The molecule has 0 aromatic carbocycles. The Kier molecular flexibility index (Phi) is 19.4. The standard InChI is InChI=1S/C13H28N8O4.2C2HF3O2/c1-20(10(11(16)22)6-2-3-7-14)12(23)9(15)5-4-8-18-13(17)19-21(24)25;2*3-2(4,5)1(6)7/h9-10H,2-8,14-15H2,1H3,(H2,16,22)(H3,17,18,19);2*(H,6,7)/t9-,10-;;/m0../s1. The van der Waals surface area contributed by atoms with Crippen LogP contribution in [0.25, 0.3) is 0 Å². The van der Waals surface area contributed by atoms with Crippen LogP contribution in [0.15, 0.2) is 4.99 Å². The van der Waals surface area contributed by atoms with Gasteiger partial charge in [0.05, 0.1) is 6.54 Å². The van der Waals surface area contributed by atoms with Gasteiger partial charge in [0.2, 0.25) is 5.91 Å². The number of amides is 2. The molecule has 0 saturated carbocycles. The van der Waals surface area contributed by atoms with Crippen LogP contribution in [0.5, 0.6) is 0 Å². The van der Waals surface area contributed by atoms with Crippen molar-refractivity contribution >= 4 is 29.7 Å². The van der Waals surface area contributed by atoms with E-state index in [1.54, 1.807) is 5.43 Å². The fourth-order valence-corrected chi connectivity index (χ4v) is 2.27. The summed E-state index contributed by atoms with van der Waals surface area (Å²) in [4.78, 5) is 56.8. The van der Waals surface area contributed by atoms with Gasteiger partial charge in [-0.3, -0.25) is 9.59 Å². The Morgan fingerprint density at radius 1 is 0.974 bits per heavy atom. The number of nitro groups is 1.